The highest BCUT2D eigenvalue weighted by Gasteiger charge is 2.51. The molecule has 5 nitrogen and oxygen atoms in total. The third kappa shape index (κ3) is 3.08. The zero-order valence-corrected chi connectivity index (χ0v) is 17.9. The molecule has 0 spiro atoms. The topological polar surface area (TPSA) is 57.0 Å². The van der Waals surface area contributed by atoms with Crippen molar-refractivity contribution in [1.29, 1.82) is 0 Å². The molecular weight excluding hydrogens is 354 g/mol. The molecule has 1 aliphatic heterocycles. The third-order valence-corrected chi connectivity index (χ3v) is 11.1. The summed E-state index contributed by atoms with van der Waals surface area (Å²) in [5.41, 5.74) is 0.757. The number of carbonyl (C=O) groups excluding carboxylic acids is 1. The Morgan fingerprint density at radius 1 is 1.22 bits per heavy atom. The zero-order chi connectivity index (χ0) is 19.4. The highest BCUT2D eigenvalue weighted by atomic mass is 28.4. The fourth-order valence-electron chi connectivity index (χ4n) is 3.52. The quantitative estimate of drug-likeness (QED) is 0.561. The Labute approximate surface area is 162 Å². The van der Waals surface area contributed by atoms with Gasteiger partial charge in [-0.1, -0.05) is 51.1 Å². The van der Waals surface area contributed by atoms with Gasteiger partial charge in [0.05, 0.1) is 11.5 Å². The standard InChI is InChI=1S/C21H29N3O2Si/c1-20(2,3)27(4,5)26-17-13-16(15-9-7-6-8-10-15)24-18(17)22-19(23-24)21(14-25)11-12-21/h6-10,14,16-17H,11-13H2,1-5H3/t16-,17+/m0/s1. The molecule has 2 aromatic rings. The average molecular weight is 384 g/mol. The molecule has 144 valence electrons. The largest absolute Gasteiger partial charge is 0.407 e. The molecule has 6 heteroatoms. The first-order valence-corrected chi connectivity index (χ1v) is 12.7. The van der Waals surface area contributed by atoms with Crippen molar-refractivity contribution in [3.8, 4) is 0 Å². The van der Waals surface area contributed by atoms with Gasteiger partial charge in [-0.3, -0.25) is 0 Å². The normalized spacial score (nSPS) is 23.9. The summed E-state index contributed by atoms with van der Waals surface area (Å²) in [5.74, 6) is 1.56. The van der Waals surface area contributed by atoms with Crippen LogP contribution in [0.1, 0.15) is 69.4 Å². The SMILES string of the molecule is CC(C)(C)[Si](C)(C)O[C@@H]1C[C@@H](c2ccccc2)n2nc(C3(C=O)CC3)nc21. The molecule has 4 rings (SSSR count). The number of fused-ring (bicyclic) bond motifs is 1. The molecule has 1 saturated carbocycles. The van der Waals surface area contributed by atoms with E-state index in [2.05, 4.69) is 58.1 Å². The Balaban J connectivity index is 1.73. The predicted molar refractivity (Wildman–Crippen MR) is 107 cm³/mol. The number of aromatic nitrogens is 3. The van der Waals surface area contributed by atoms with E-state index in [4.69, 9.17) is 14.5 Å². The lowest BCUT2D eigenvalue weighted by Gasteiger charge is -2.38. The number of hydrogen-bond donors (Lipinski definition) is 0. The number of hydrogen-bond acceptors (Lipinski definition) is 4. The van der Waals surface area contributed by atoms with E-state index in [1.165, 1.54) is 5.56 Å². The summed E-state index contributed by atoms with van der Waals surface area (Å²) in [6.45, 7) is 11.3. The van der Waals surface area contributed by atoms with Crippen LogP contribution < -0.4 is 0 Å². The smallest absolute Gasteiger partial charge is 0.193 e. The van der Waals surface area contributed by atoms with Crippen molar-refractivity contribution >= 4 is 14.6 Å². The first-order chi connectivity index (χ1) is 12.7. The van der Waals surface area contributed by atoms with E-state index in [1.807, 2.05) is 10.7 Å². The van der Waals surface area contributed by atoms with Gasteiger partial charge in [0.1, 0.15) is 12.4 Å². The van der Waals surface area contributed by atoms with Crippen LogP contribution in [0.25, 0.3) is 0 Å². The molecule has 0 bridgehead atoms. The Hall–Kier alpha value is -1.79. The lowest BCUT2D eigenvalue weighted by Crippen LogP contribution is -2.41. The zero-order valence-electron chi connectivity index (χ0n) is 16.9. The second-order valence-corrected chi connectivity index (χ2v) is 14.3. The predicted octanol–water partition coefficient (Wildman–Crippen LogP) is 4.56. The van der Waals surface area contributed by atoms with Gasteiger partial charge in [0.2, 0.25) is 0 Å². The molecule has 27 heavy (non-hydrogen) atoms. The van der Waals surface area contributed by atoms with Crippen LogP contribution in [0.5, 0.6) is 0 Å². The number of nitrogens with zero attached hydrogens (tertiary/aromatic N) is 3. The van der Waals surface area contributed by atoms with E-state index in [0.717, 1.165) is 31.4 Å². The maximum absolute atomic E-state index is 11.6. The van der Waals surface area contributed by atoms with Gasteiger partial charge >= 0.3 is 0 Å². The van der Waals surface area contributed by atoms with E-state index in [-0.39, 0.29) is 17.2 Å². The van der Waals surface area contributed by atoms with Crippen LogP contribution in [-0.4, -0.2) is 29.4 Å². The fourth-order valence-corrected chi connectivity index (χ4v) is 4.78. The van der Waals surface area contributed by atoms with Crippen LogP contribution in [0, 0.1) is 0 Å². The summed E-state index contributed by atoms with van der Waals surface area (Å²) < 4.78 is 8.77. The van der Waals surface area contributed by atoms with Crippen molar-refractivity contribution in [1.82, 2.24) is 14.8 Å². The van der Waals surface area contributed by atoms with Crippen molar-refractivity contribution in [2.75, 3.05) is 0 Å². The number of rotatable bonds is 5. The molecule has 2 heterocycles. The second kappa shape index (κ2) is 6.11. The molecule has 0 N–H and O–H groups in total. The summed E-state index contributed by atoms with van der Waals surface area (Å²) >= 11 is 0. The van der Waals surface area contributed by atoms with Crippen LogP contribution >= 0.6 is 0 Å². The molecule has 1 fully saturated rings. The number of carbonyl (C=O) groups is 1. The average Bonchev–Trinajstić information content (AvgIpc) is 3.18. The maximum Gasteiger partial charge on any atom is 0.193 e. The molecule has 0 unspecified atom stereocenters. The Bertz CT molecular complexity index is 850. The van der Waals surface area contributed by atoms with Crippen molar-refractivity contribution in [2.24, 2.45) is 0 Å². The fraction of sp³-hybridized carbons (Fsp3) is 0.571. The van der Waals surface area contributed by atoms with Gasteiger partial charge in [-0.15, -0.1) is 0 Å². The Kier molecular flexibility index (Phi) is 4.20. The summed E-state index contributed by atoms with van der Waals surface area (Å²) in [5, 5.41) is 4.94. The minimum absolute atomic E-state index is 0.0696. The molecule has 2 atom stereocenters. The summed E-state index contributed by atoms with van der Waals surface area (Å²) in [6.07, 6.45) is 3.51. The molecule has 0 saturated heterocycles. The molecule has 0 amide bonds. The van der Waals surface area contributed by atoms with Gasteiger partial charge in [0.25, 0.3) is 0 Å². The van der Waals surface area contributed by atoms with Crippen LogP contribution in [0.3, 0.4) is 0 Å². The second-order valence-electron chi connectivity index (χ2n) is 9.54. The van der Waals surface area contributed by atoms with Crippen LogP contribution in [0.4, 0.5) is 0 Å². The van der Waals surface area contributed by atoms with Gasteiger partial charge in [-0.25, -0.2) is 9.67 Å². The van der Waals surface area contributed by atoms with Gasteiger partial charge in [0.15, 0.2) is 20.0 Å². The van der Waals surface area contributed by atoms with Gasteiger partial charge < -0.3 is 9.22 Å². The van der Waals surface area contributed by atoms with Crippen molar-refractivity contribution < 1.29 is 9.22 Å². The lowest BCUT2D eigenvalue weighted by molar-refractivity contribution is -0.110. The molecule has 1 aromatic heterocycles. The molecule has 2 aliphatic rings. The molecular formula is C21H29N3O2Si. The molecule has 0 radical (unpaired) electrons. The van der Waals surface area contributed by atoms with Crippen LogP contribution in [-0.2, 0) is 14.6 Å². The minimum Gasteiger partial charge on any atom is -0.407 e. The first-order valence-electron chi connectivity index (χ1n) is 9.83. The van der Waals surface area contributed by atoms with E-state index in [0.29, 0.717) is 5.82 Å². The number of aldehydes is 1. The van der Waals surface area contributed by atoms with Crippen molar-refractivity contribution in [3.63, 3.8) is 0 Å². The van der Waals surface area contributed by atoms with Crippen molar-refractivity contribution in [3.05, 3.63) is 47.5 Å². The van der Waals surface area contributed by atoms with Crippen molar-refractivity contribution in [2.45, 2.75) is 75.7 Å². The lowest BCUT2D eigenvalue weighted by atomic mass is 10.0. The third-order valence-electron chi connectivity index (χ3n) is 6.57. The highest BCUT2D eigenvalue weighted by molar-refractivity contribution is 6.74. The van der Waals surface area contributed by atoms with Crippen LogP contribution in [0.15, 0.2) is 30.3 Å². The van der Waals surface area contributed by atoms with Gasteiger partial charge in [-0.2, -0.15) is 5.10 Å². The first kappa shape index (κ1) is 18.6. The van der Waals surface area contributed by atoms with Gasteiger partial charge in [0, 0.05) is 6.42 Å². The van der Waals surface area contributed by atoms with Gasteiger partial charge in [-0.05, 0) is 36.5 Å². The summed E-state index contributed by atoms with van der Waals surface area (Å²) in [6, 6.07) is 10.5. The van der Waals surface area contributed by atoms with E-state index >= 15 is 0 Å². The monoisotopic (exact) mass is 383 g/mol. The Morgan fingerprint density at radius 2 is 1.89 bits per heavy atom. The van der Waals surface area contributed by atoms with E-state index in [1.54, 1.807) is 0 Å². The summed E-state index contributed by atoms with van der Waals surface area (Å²) in [7, 11) is -1.95. The van der Waals surface area contributed by atoms with Crippen LogP contribution in [0.2, 0.25) is 18.1 Å². The number of benzene rings is 1. The van der Waals surface area contributed by atoms with E-state index < -0.39 is 13.7 Å². The molecule has 1 aromatic carbocycles. The Morgan fingerprint density at radius 3 is 2.44 bits per heavy atom. The highest BCUT2D eigenvalue weighted by Crippen LogP contribution is 2.49. The minimum atomic E-state index is -1.95. The summed E-state index contributed by atoms with van der Waals surface area (Å²) in [4.78, 5) is 16.4. The maximum atomic E-state index is 11.6. The molecule has 1 aliphatic carbocycles. The van der Waals surface area contributed by atoms with E-state index in [9.17, 15) is 4.79 Å².